The number of unbranched alkanes of at least 4 members (excludes halogenated alkanes) is 1. The molecular weight excluding hydrogens is 234 g/mol. The van der Waals surface area contributed by atoms with Crippen LogP contribution in [0.15, 0.2) is 6.20 Å². The summed E-state index contributed by atoms with van der Waals surface area (Å²) in [5.74, 6) is 2.02. The second kappa shape index (κ2) is 7.56. The van der Waals surface area contributed by atoms with Gasteiger partial charge in [-0.1, -0.05) is 45.4 Å². The number of nitrogens with one attached hydrogen (secondary N) is 1. The van der Waals surface area contributed by atoms with Gasteiger partial charge in [0.15, 0.2) is 0 Å². The van der Waals surface area contributed by atoms with E-state index in [1.807, 2.05) is 0 Å². The maximum absolute atomic E-state index is 4.60. The zero-order chi connectivity index (χ0) is 13.5. The van der Waals surface area contributed by atoms with Gasteiger partial charge in [0.05, 0.1) is 5.69 Å². The van der Waals surface area contributed by atoms with E-state index < -0.39 is 0 Å². The molecule has 3 nitrogen and oxygen atoms in total. The second-order valence-electron chi connectivity index (χ2n) is 5.97. The molecule has 1 heterocycles. The zero-order valence-electron chi connectivity index (χ0n) is 12.6. The highest BCUT2D eigenvalue weighted by Crippen LogP contribution is 2.27. The fraction of sp³-hybridized carbons (Fsp3) is 0.812. The quantitative estimate of drug-likeness (QED) is 0.740. The van der Waals surface area contributed by atoms with Gasteiger partial charge in [-0.15, -0.1) is 0 Å². The number of hydrogen-bond acceptors (Lipinski definition) is 2. The van der Waals surface area contributed by atoms with Crippen LogP contribution in [0.5, 0.6) is 0 Å². The van der Waals surface area contributed by atoms with Crippen molar-refractivity contribution in [1.29, 1.82) is 0 Å². The third-order valence-corrected chi connectivity index (χ3v) is 4.21. The first kappa shape index (κ1) is 14.4. The molecule has 3 heteroatoms. The topological polar surface area (TPSA) is 29.9 Å². The number of nitrogens with zero attached hydrogens (tertiary/aromatic N) is 2. The molecule has 1 N–H and O–H groups in total. The van der Waals surface area contributed by atoms with Gasteiger partial charge in [-0.05, 0) is 25.7 Å². The molecule has 0 aromatic carbocycles. The molecule has 0 radical (unpaired) electrons. The van der Waals surface area contributed by atoms with Crippen LogP contribution in [0.25, 0.3) is 0 Å². The highest BCUT2D eigenvalue weighted by Gasteiger charge is 2.14. The van der Waals surface area contributed by atoms with Gasteiger partial charge in [-0.2, -0.15) is 0 Å². The summed E-state index contributed by atoms with van der Waals surface area (Å²) in [5.41, 5.74) is 1.13. The van der Waals surface area contributed by atoms with Gasteiger partial charge in [0.25, 0.3) is 0 Å². The van der Waals surface area contributed by atoms with E-state index >= 15 is 0 Å². The number of imidazole rings is 1. The first-order valence-corrected chi connectivity index (χ1v) is 8.07. The maximum Gasteiger partial charge on any atom is 0.203 e. The molecule has 0 unspecified atom stereocenters. The SMILES string of the molecule is CCCCNc1nc(C)cn1CCC1CCCCC1. The minimum atomic E-state index is 0.944. The van der Waals surface area contributed by atoms with Crippen molar-refractivity contribution in [1.82, 2.24) is 9.55 Å². The van der Waals surface area contributed by atoms with Gasteiger partial charge in [-0.25, -0.2) is 4.98 Å². The average Bonchev–Trinajstić information content (AvgIpc) is 2.78. The molecule has 1 aromatic heterocycles. The molecule has 0 saturated heterocycles. The Balaban J connectivity index is 1.83. The van der Waals surface area contributed by atoms with Crippen molar-refractivity contribution in [3.05, 3.63) is 11.9 Å². The fourth-order valence-corrected chi connectivity index (χ4v) is 3.03. The molecule has 1 fully saturated rings. The normalized spacial score (nSPS) is 16.7. The molecular formula is C16H29N3. The van der Waals surface area contributed by atoms with Gasteiger partial charge < -0.3 is 9.88 Å². The van der Waals surface area contributed by atoms with Crippen LogP contribution in [0.3, 0.4) is 0 Å². The third-order valence-electron chi connectivity index (χ3n) is 4.21. The predicted molar refractivity (Wildman–Crippen MR) is 81.6 cm³/mol. The lowest BCUT2D eigenvalue weighted by Crippen LogP contribution is -2.12. The summed E-state index contributed by atoms with van der Waals surface area (Å²) >= 11 is 0. The molecule has 1 aliphatic carbocycles. The van der Waals surface area contributed by atoms with Crippen LogP contribution in [0.2, 0.25) is 0 Å². The van der Waals surface area contributed by atoms with E-state index in [9.17, 15) is 0 Å². The molecule has 0 aliphatic heterocycles. The van der Waals surface area contributed by atoms with Crippen LogP contribution in [0.4, 0.5) is 5.95 Å². The number of anilines is 1. The smallest absolute Gasteiger partial charge is 0.203 e. The molecule has 108 valence electrons. The highest BCUT2D eigenvalue weighted by atomic mass is 15.2. The van der Waals surface area contributed by atoms with Crippen molar-refractivity contribution in [2.24, 2.45) is 5.92 Å². The Morgan fingerprint density at radius 3 is 2.84 bits per heavy atom. The molecule has 1 aromatic rings. The van der Waals surface area contributed by atoms with Gasteiger partial charge in [0.1, 0.15) is 0 Å². The van der Waals surface area contributed by atoms with E-state index in [4.69, 9.17) is 0 Å². The number of aryl methyl sites for hydroxylation is 2. The van der Waals surface area contributed by atoms with Gasteiger partial charge >= 0.3 is 0 Å². The summed E-state index contributed by atoms with van der Waals surface area (Å²) in [6.45, 7) is 6.47. The molecule has 1 aliphatic rings. The van der Waals surface area contributed by atoms with E-state index in [-0.39, 0.29) is 0 Å². The summed E-state index contributed by atoms with van der Waals surface area (Å²) in [6.07, 6.45) is 13.2. The lowest BCUT2D eigenvalue weighted by atomic mass is 9.87. The Kier molecular flexibility index (Phi) is 5.74. The standard InChI is InChI=1S/C16H29N3/c1-3-4-11-17-16-18-14(2)13-19(16)12-10-15-8-6-5-7-9-15/h13,15H,3-12H2,1-2H3,(H,17,18). The number of hydrogen-bond donors (Lipinski definition) is 1. The first-order valence-electron chi connectivity index (χ1n) is 8.07. The van der Waals surface area contributed by atoms with E-state index in [1.54, 1.807) is 0 Å². The summed E-state index contributed by atoms with van der Waals surface area (Å²) < 4.78 is 2.32. The van der Waals surface area contributed by atoms with Crippen molar-refractivity contribution in [2.45, 2.75) is 71.8 Å². The van der Waals surface area contributed by atoms with E-state index in [0.717, 1.165) is 30.6 Å². The number of aromatic nitrogens is 2. The van der Waals surface area contributed by atoms with E-state index in [2.05, 4.69) is 34.9 Å². The molecule has 0 atom stereocenters. The van der Waals surface area contributed by atoms with Crippen molar-refractivity contribution >= 4 is 5.95 Å². The maximum atomic E-state index is 4.60. The van der Waals surface area contributed by atoms with Crippen LogP contribution >= 0.6 is 0 Å². The predicted octanol–water partition coefficient (Wildman–Crippen LogP) is 4.37. The summed E-state index contributed by atoms with van der Waals surface area (Å²) in [6, 6.07) is 0. The molecule has 0 spiro atoms. The third kappa shape index (κ3) is 4.55. The van der Waals surface area contributed by atoms with Crippen LogP contribution in [-0.4, -0.2) is 16.1 Å². The van der Waals surface area contributed by atoms with Gasteiger partial charge in [0.2, 0.25) is 5.95 Å². The molecule has 0 bridgehead atoms. The number of rotatable bonds is 7. The van der Waals surface area contributed by atoms with Crippen LogP contribution in [-0.2, 0) is 6.54 Å². The monoisotopic (exact) mass is 263 g/mol. The fourth-order valence-electron chi connectivity index (χ4n) is 3.03. The Bertz CT molecular complexity index is 364. The van der Waals surface area contributed by atoms with E-state index in [1.165, 1.54) is 51.4 Å². The molecule has 19 heavy (non-hydrogen) atoms. The lowest BCUT2D eigenvalue weighted by Gasteiger charge is -2.21. The van der Waals surface area contributed by atoms with Crippen molar-refractivity contribution in [2.75, 3.05) is 11.9 Å². The minimum absolute atomic E-state index is 0.944. The molecule has 2 rings (SSSR count). The van der Waals surface area contributed by atoms with Crippen LogP contribution in [0.1, 0.15) is 64.0 Å². The first-order chi connectivity index (χ1) is 9.29. The highest BCUT2D eigenvalue weighted by molar-refractivity contribution is 5.28. The summed E-state index contributed by atoms with van der Waals surface area (Å²) in [7, 11) is 0. The van der Waals surface area contributed by atoms with E-state index in [0.29, 0.717) is 0 Å². The summed E-state index contributed by atoms with van der Waals surface area (Å²) in [4.78, 5) is 4.60. The van der Waals surface area contributed by atoms with Crippen LogP contribution < -0.4 is 5.32 Å². The van der Waals surface area contributed by atoms with Crippen molar-refractivity contribution < 1.29 is 0 Å². The van der Waals surface area contributed by atoms with Gasteiger partial charge in [-0.3, -0.25) is 0 Å². The van der Waals surface area contributed by atoms with Crippen LogP contribution in [0, 0.1) is 12.8 Å². The zero-order valence-corrected chi connectivity index (χ0v) is 12.6. The molecule has 0 amide bonds. The Morgan fingerprint density at radius 2 is 2.11 bits per heavy atom. The second-order valence-corrected chi connectivity index (χ2v) is 5.97. The lowest BCUT2D eigenvalue weighted by molar-refractivity contribution is 0.324. The summed E-state index contributed by atoms with van der Waals surface area (Å²) in [5, 5.41) is 3.47. The largest absolute Gasteiger partial charge is 0.356 e. The van der Waals surface area contributed by atoms with Crippen molar-refractivity contribution in [3.8, 4) is 0 Å². The average molecular weight is 263 g/mol. The Morgan fingerprint density at radius 1 is 1.32 bits per heavy atom. The Labute approximate surface area is 117 Å². The van der Waals surface area contributed by atoms with Crippen molar-refractivity contribution in [3.63, 3.8) is 0 Å². The minimum Gasteiger partial charge on any atom is -0.356 e. The Hall–Kier alpha value is -0.990. The molecule has 1 saturated carbocycles. The van der Waals surface area contributed by atoms with Gasteiger partial charge in [0, 0.05) is 19.3 Å².